The Kier molecular flexibility index (Phi) is 4.18. The highest BCUT2D eigenvalue weighted by Crippen LogP contribution is 2.28. The van der Waals surface area contributed by atoms with E-state index in [-0.39, 0.29) is 0 Å². The van der Waals surface area contributed by atoms with Crippen molar-refractivity contribution in [2.75, 3.05) is 6.54 Å². The van der Waals surface area contributed by atoms with Gasteiger partial charge in [-0.05, 0) is 18.9 Å². The second kappa shape index (κ2) is 5.22. The highest BCUT2D eigenvalue weighted by atomic mass is 14.9. The Morgan fingerprint density at radius 2 is 2.17 bits per heavy atom. The topological polar surface area (TPSA) is 12.0 Å². The van der Waals surface area contributed by atoms with Crippen LogP contribution in [0.3, 0.4) is 0 Å². The minimum atomic E-state index is 0.318. The number of hydrogen-bond acceptors (Lipinski definition) is 1. The van der Waals surface area contributed by atoms with Crippen molar-refractivity contribution >= 4 is 0 Å². The van der Waals surface area contributed by atoms with Gasteiger partial charge in [0.2, 0.25) is 0 Å². The van der Waals surface area contributed by atoms with Crippen molar-refractivity contribution in [1.29, 1.82) is 0 Å². The molecule has 0 aromatic rings. The molecule has 1 heteroatoms. The maximum atomic E-state index is 5.42. The first-order valence-corrected chi connectivity index (χ1v) is 5.06. The lowest BCUT2D eigenvalue weighted by Crippen LogP contribution is -2.29. The van der Waals surface area contributed by atoms with Gasteiger partial charge in [-0.3, -0.25) is 0 Å². The second-order valence-corrected chi connectivity index (χ2v) is 3.66. The summed E-state index contributed by atoms with van der Waals surface area (Å²) < 4.78 is 0. The van der Waals surface area contributed by atoms with Crippen molar-refractivity contribution in [2.45, 2.75) is 45.1 Å². The predicted molar refractivity (Wildman–Crippen MR) is 52.9 cm³/mol. The maximum absolute atomic E-state index is 5.42. The first-order chi connectivity index (χ1) is 5.86. The lowest BCUT2D eigenvalue weighted by atomic mass is 9.99. The van der Waals surface area contributed by atoms with Gasteiger partial charge in [-0.25, -0.2) is 0 Å². The van der Waals surface area contributed by atoms with Crippen molar-refractivity contribution in [3.8, 4) is 12.3 Å². The van der Waals surface area contributed by atoms with Gasteiger partial charge < -0.3 is 5.32 Å². The molecule has 0 aromatic heterocycles. The van der Waals surface area contributed by atoms with E-state index in [4.69, 9.17) is 6.42 Å². The van der Waals surface area contributed by atoms with Gasteiger partial charge in [0.25, 0.3) is 0 Å². The van der Waals surface area contributed by atoms with E-state index >= 15 is 0 Å². The van der Waals surface area contributed by atoms with Crippen molar-refractivity contribution < 1.29 is 0 Å². The Morgan fingerprint density at radius 1 is 1.50 bits per heavy atom. The largest absolute Gasteiger partial charge is 0.304 e. The fraction of sp³-hybridized carbons (Fsp3) is 0.818. The molecule has 0 saturated heterocycles. The molecule has 0 radical (unpaired) electrons. The van der Waals surface area contributed by atoms with E-state index in [2.05, 4.69) is 18.2 Å². The van der Waals surface area contributed by atoms with Crippen LogP contribution >= 0.6 is 0 Å². The van der Waals surface area contributed by atoms with Crippen LogP contribution in [0, 0.1) is 18.3 Å². The van der Waals surface area contributed by atoms with E-state index in [1.165, 1.54) is 32.1 Å². The molecule has 0 aromatic carbocycles. The Labute approximate surface area is 75.9 Å². The molecule has 1 nitrogen and oxygen atoms in total. The Morgan fingerprint density at radius 3 is 2.67 bits per heavy atom. The summed E-state index contributed by atoms with van der Waals surface area (Å²) in [5.74, 6) is 3.71. The molecule has 12 heavy (non-hydrogen) atoms. The number of nitrogens with one attached hydrogen (secondary N) is 1. The Bertz CT molecular complexity index is 151. The average molecular weight is 165 g/mol. The first kappa shape index (κ1) is 9.61. The minimum absolute atomic E-state index is 0.318. The molecule has 0 heterocycles. The number of terminal acetylenes is 1. The molecule has 1 unspecified atom stereocenters. The first-order valence-electron chi connectivity index (χ1n) is 5.06. The standard InChI is InChI=1S/C11H19N/c1-3-11(12-4-2)9-10-7-5-6-8-10/h1,10-12H,4-9H2,2H3. The van der Waals surface area contributed by atoms with E-state index in [0.717, 1.165) is 12.5 Å². The van der Waals surface area contributed by atoms with E-state index in [9.17, 15) is 0 Å². The summed E-state index contributed by atoms with van der Waals surface area (Å²) in [6, 6.07) is 0.318. The van der Waals surface area contributed by atoms with Gasteiger partial charge in [0, 0.05) is 0 Å². The molecule has 1 aliphatic carbocycles. The van der Waals surface area contributed by atoms with E-state index in [0.29, 0.717) is 6.04 Å². The maximum Gasteiger partial charge on any atom is 0.0689 e. The van der Waals surface area contributed by atoms with Crippen LogP contribution in [0.4, 0.5) is 0 Å². The molecule has 68 valence electrons. The van der Waals surface area contributed by atoms with Crippen LogP contribution in [-0.2, 0) is 0 Å². The molecule has 0 bridgehead atoms. The molecule has 0 aliphatic heterocycles. The van der Waals surface area contributed by atoms with Crippen molar-refractivity contribution in [2.24, 2.45) is 5.92 Å². The smallest absolute Gasteiger partial charge is 0.0689 e. The average Bonchev–Trinajstić information content (AvgIpc) is 2.56. The zero-order chi connectivity index (χ0) is 8.81. The van der Waals surface area contributed by atoms with E-state index in [1.807, 2.05) is 0 Å². The van der Waals surface area contributed by atoms with Crippen LogP contribution in [0.5, 0.6) is 0 Å². The summed E-state index contributed by atoms with van der Waals surface area (Å²) in [4.78, 5) is 0. The predicted octanol–water partition coefficient (Wildman–Crippen LogP) is 2.18. The molecule has 1 N–H and O–H groups in total. The summed E-state index contributed by atoms with van der Waals surface area (Å²) >= 11 is 0. The SMILES string of the molecule is C#CC(CC1CCCC1)NCC. The Hall–Kier alpha value is -0.480. The molecular weight excluding hydrogens is 146 g/mol. The van der Waals surface area contributed by atoms with Gasteiger partial charge in [-0.15, -0.1) is 6.42 Å². The van der Waals surface area contributed by atoms with Crippen LogP contribution in [-0.4, -0.2) is 12.6 Å². The van der Waals surface area contributed by atoms with Crippen LogP contribution in [0.15, 0.2) is 0 Å². The van der Waals surface area contributed by atoms with Gasteiger partial charge in [-0.2, -0.15) is 0 Å². The van der Waals surface area contributed by atoms with Gasteiger partial charge >= 0.3 is 0 Å². The lowest BCUT2D eigenvalue weighted by molar-refractivity contribution is 0.442. The summed E-state index contributed by atoms with van der Waals surface area (Å²) in [5.41, 5.74) is 0. The zero-order valence-corrected chi connectivity index (χ0v) is 7.97. The highest BCUT2D eigenvalue weighted by Gasteiger charge is 2.18. The molecule has 1 saturated carbocycles. The summed E-state index contributed by atoms with van der Waals surface area (Å²) in [6.45, 7) is 3.10. The lowest BCUT2D eigenvalue weighted by Gasteiger charge is -2.15. The third-order valence-electron chi connectivity index (χ3n) is 2.70. The summed E-state index contributed by atoms with van der Waals surface area (Å²) in [7, 11) is 0. The third-order valence-corrected chi connectivity index (χ3v) is 2.70. The third kappa shape index (κ3) is 2.87. The molecule has 0 spiro atoms. The van der Waals surface area contributed by atoms with Crippen molar-refractivity contribution in [1.82, 2.24) is 5.32 Å². The molecular formula is C11H19N. The Balaban J connectivity index is 2.22. The second-order valence-electron chi connectivity index (χ2n) is 3.66. The molecule has 1 fully saturated rings. The minimum Gasteiger partial charge on any atom is -0.304 e. The fourth-order valence-corrected chi connectivity index (χ4v) is 2.04. The molecule has 1 aliphatic rings. The van der Waals surface area contributed by atoms with Crippen LogP contribution < -0.4 is 5.32 Å². The number of hydrogen-bond donors (Lipinski definition) is 1. The monoisotopic (exact) mass is 165 g/mol. The van der Waals surface area contributed by atoms with Gasteiger partial charge in [0.1, 0.15) is 0 Å². The van der Waals surface area contributed by atoms with E-state index < -0.39 is 0 Å². The van der Waals surface area contributed by atoms with E-state index in [1.54, 1.807) is 0 Å². The fourth-order valence-electron chi connectivity index (χ4n) is 2.04. The summed E-state index contributed by atoms with van der Waals surface area (Å²) in [6.07, 6.45) is 12.2. The van der Waals surface area contributed by atoms with Crippen molar-refractivity contribution in [3.05, 3.63) is 0 Å². The molecule has 1 atom stereocenters. The molecule has 1 rings (SSSR count). The highest BCUT2D eigenvalue weighted by molar-refractivity contribution is 4.99. The van der Waals surface area contributed by atoms with Gasteiger partial charge in [0.05, 0.1) is 6.04 Å². The van der Waals surface area contributed by atoms with Crippen LogP contribution in [0.25, 0.3) is 0 Å². The van der Waals surface area contributed by atoms with Crippen molar-refractivity contribution in [3.63, 3.8) is 0 Å². The zero-order valence-electron chi connectivity index (χ0n) is 7.97. The number of rotatable bonds is 4. The summed E-state index contributed by atoms with van der Waals surface area (Å²) in [5, 5.41) is 3.32. The van der Waals surface area contributed by atoms with Gasteiger partial charge in [0.15, 0.2) is 0 Å². The van der Waals surface area contributed by atoms with Crippen LogP contribution in [0.1, 0.15) is 39.0 Å². The molecule has 0 amide bonds. The normalized spacial score (nSPS) is 20.7. The van der Waals surface area contributed by atoms with Crippen LogP contribution in [0.2, 0.25) is 0 Å². The quantitative estimate of drug-likeness (QED) is 0.630. The van der Waals surface area contributed by atoms with Gasteiger partial charge in [-0.1, -0.05) is 38.5 Å².